The van der Waals surface area contributed by atoms with E-state index in [0.717, 1.165) is 0 Å². The van der Waals surface area contributed by atoms with Crippen molar-refractivity contribution in [2.24, 2.45) is 5.92 Å². The third-order valence-corrected chi connectivity index (χ3v) is 2.82. The van der Waals surface area contributed by atoms with E-state index in [1.165, 1.54) is 0 Å². The summed E-state index contributed by atoms with van der Waals surface area (Å²) in [6, 6.07) is 0. The number of hydrogen-bond donors (Lipinski definition) is 2. The Hall–Kier alpha value is -0.610. The minimum absolute atomic E-state index is 0.000486. The maximum Gasteiger partial charge on any atom is 0.317 e. The normalized spacial score (nSPS) is 12.4. The van der Waals surface area contributed by atoms with E-state index in [1.54, 1.807) is 0 Å². The first-order chi connectivity index (χ1) is 7.33. The first kappa shape index (κ1) is 15.4. The summed E-state index contributed by atoms with van der Waals surface area (Å²) in [6.45, 7) is 9.09. The monoisotopic (exact) mass is 231 g/mol. The van der Waals surface area contributed by atoms with Gasteiger partial charge < -0.3 is 10.2 Å². The first-order valence-electron chi connectivity index (χ1n) is 5.99. The first-order valence-corrected chi connectivity index (χ1v) is 5.99. The molecule has 0 aromatic rings. The quantitative estimate of drug-likeness (QED) is 0.666. The highest BCUT2D eigenvalue weighted by atomic mass is 16.4. The Kier molecular flexibility index (Phi) is 6.60. The molecule has 4 nitrogen and oxygen atoms in total. The molecule has 0 atom stereocenters. The molecule has 0 spiro atoms. The predicted molar refractivity (Wildman–Crippen MR) is 64.4 cm³/mol. The average Bonchev–Trinajstić information content (AvgIpc) is 2.15. The number of rotatable bonds is 8. The molecule has 0 fully saturated rings. The van der Waals surface area contributed by atoms with Crippen molar-refractivity contribution in [1.82, 2.24) is 4.90 Å². The molecule has 0 aliphatic rings. The van der Waals surface area contributed by atoms with Crippen LogP contribution < -0.4 is 0 Å². The van der Waals surface area contributed by atoms with Gasteiger partial charge >= 0.3 is 5.97 Å². The van der Waals surface area contributed by atoms with Gasteiger partial charge in [-0.2, -0.15) is 0 Å². The molecular weight excluding hydrogens is 206 g/mol. The molecule has 0 unspecified atom stereocenters. The number of carboxylic acids is 1. The summed E-state index contributed by atoms with van der Waals surface area (Å²) < 4.78 is 0. The van der Waals surface area contributed by atoms with Crippen molar-refractivity contribution in [3.8, 4) is 0 Å². The molecule has 0 bridgehead atoms. The van der Waals surface area contributed by atoms with Crippen molar-refractivity contribution in [3.63, 3.8) is 0 Å². The SMILES string of the molecule is CCC(O)(CC)CN(CC(=O)O)CC(C)C. The van der Waals surface area contributed by atoms with Gasteiger partial charge in [-0.05, 0) is 18.8 Å². The maximum atomic E-state index is 10.7. The third kappa shape index (κ3) is 6.08. The molecule has 4 heteroatoms. The number of aliphatic hydroxyl groups is 1. The lowest BCUT2D eigenvalue weighted by Gasteiger charge is -2.33. The molecular formula is C12H25NO3. The van der Waals surface area contributed by atoms with E-state index in [-0.39, 0.29) is 6.54 Å². The van der Waals surface area contributed by atoms with E-state index < -0.39 is 11.6 Å². The highest BCUT2D eigenvalue weighted by molar-refractivity contribution is 5.69. The van der Waals surface area contributed by atoms with Crippen LogP contribution in [0.3, 0.4) is 0 Å². The van der Waals surface area contributed by atoms with Gasteiger partial charge in [-0.15, -0.1) is 0 Å². The molecule has 0 aliphatic carbocycles. The van der Waals surface area contributed by atoms with E-state index in [0.29, 0.717) is 31.8 Å². The summed E-state index contributed by atoms with van der Waals surface area (Å²) in [6.07, 6.45) is 1.30. The molecule has 0 aliphatic heterocycles. The lowest BCUT2D eigenvalue weighted by Crippen LogP contribution is -2.45. The van der Waals surface area contributed by atoms with Crippen molar-refractivity contribution < 1.29 is 15.0 Å². The summed E-state index contributed by atoms with van der Waals surface area (Å²) >= 11 is 0. The molecule has 96 valence electrons. The van der Waals surface area contributed by atoms with E-state index in [4.69, 9.17) is 5.11 Å². The smallest absolute Gasteiger partial charge is 0.317 e. The van der Waals surface area contributed by atoms with Crippen molar-refractivity contribution in [1.29, 1.82) is 0 Å². The second-order valence-corrected chi connectivity index (χ2v) is 4.89. The highest BCUT2D eigenvalue weighted by Crippen LogP contribution is 2.17. The zero-order valence-electron chi connectivity index (χ0n) is 10.9. The second-order valence-electron chi connectivity index (χ2n) is 4.89. The van der Waals surface area contributed by atoms with Crippen LogP contribution in [0.1, 0.15) is 40.5 Å². The Labute approximate surface area is 98.3 Å². The highest BCUT2D eigenvalue weighted by Gasteiger charge is 2.26. The number of nitrogens with zero attached hydrogens (tertiary/aromatic N) is 1. The lowest BCUT2D eigenvalue weighted by atomic mass is 9.96. The number of aliphatic carboxylic acids is 1. The van der Waals surface area contributed by atoms with Crippen LogP contribution in [0.25, 0.3) is 0 Å². The molecule has 0 amide bonds. The van der Waals surface area contributed by atoms with Crippen molar-refractivity contribution in [2.45, 2.75) is 46.1 Å². The molecule has 2 N–H and O–H groups in total. The van der Waals surface area contributed by atoms with E-state index in [2.05, 4.69) is 0 Å². The minimum Gasteiger partial charge on any atom is -0.480 e. The van der Waals surface area contributed by atoms with Gasteiger partial charge in [0.1, 0.15) is 0 Å². The fraction of sp³-hybridized carbons (Fsp3) is 0.917. The minimum atomic E-state index is -0.838. The summed E-state index contributed by atoms with van der Waals surface area (Å²) in [5.74, 6) is -0.437. The van der Waals surface area contributed by atoms with Crippen molar-refractivity contribution >= 4 is 5.97 Å². The van der Waals surface area contributed by atoms with Crippen LogP contribution in [0.5, 0.6) is 0 Å². The number of hydrogen-bond acceptors (Lipinski definition) is 3. The van der Waals surface area contributed by atoms with E-state index in [9.17, 15) is 9.90 Å². The van der Waals surface area contributed by atoms with Crippen molar-refractivity contribution in [3.05, 3.63) is 0 Å². The van der Waals surface area contributed by atoms with Gasteiger partial charge in [-0.25, -0.2) is 0 Å². The predicted octanol–water partition coefficient (Wildman–Crippen LogP) is 1.58. The Balaban J connectivity index is 4.45. The summed E-state index contributed by atoms with van der Waals surface area (Å²) in [4.78, 5) is 12.5. The van der Waals surface area contributed by atoms with Crippen LogP contribution in [0.4, 0.5) is 0 Å². The molecule has 0 aromatic heterocycles. The van der Waals surface area contributed by atoms with Gasteiger partial charge in [0.2, 0.25) is 0 Å². The standard InChI is InChI=1S/C12H25NO3/c1-5-12(16,6-2)9-13(7-10(3)4)8-11(14)15/h10,16H,5-9H2,1-4H3,(H,14,15). The Morgan fingerprint density at radius 1 is 1.31 bits per heavy atom. The fourth-order valence-corrected chi connectivity index (χ4v) is 1.78. The van der Waals surface area contributed by atoms with Crippen LogP contribution in [0, 0.1) is 5.92 Å². The van der Waals surface area contributed by atoms with Gasteiger partial charge in [0.05, 0.1) is 12.1 Å². The summed E-state index contributed by atoms with van der Waals surface area (Å²) in [5, 5.41) is 19.0. The van der Waals surface area contributed by atoms with E-state index >= 15 is 0 Å². The Morgan fingerprint density at radius 2 is 1.81 bits per heavy atom. The topological polar surface area (TPSA) is 60.8 Å². The zero-order chi connectivity index (χ0) is 12.8. The van der Waals surface area contributed by atoms with Crippen LogP contribution in [-0.2, 0) is 4.79 Å². The van der Waals surface area contributed by atoms with Gasteiger partial charge in [0.15, 0.2) is 0 Å². The number of carbonyl (C=O) groups is 1. The molecule has 0 aromatic carbocycles. The van der Waals surface area contributed by atoms with Gasteiger partial charge in [0, 0.05) is 13.1 Å². The average molecular weight is 231 g/mol. The molecule has 0 saturated carbocycles. The third-order valence-electron chi connectivity index (χ3n) is 2.82. The molecule has 0 saturated heterocycles. The second kappa shape index (κ2) is 6.86. The van der Waals surface area contributed by atoms with Gasteiger partial charge in [-0.3, -0.25) is 9.69 Å². The summed E-state index contributed by atoms with van der Waals surface area (Å²) in [7, 11) is 0. The largest absolute Gasteiger partial charge is 0.480 e. The maximum absolute atomic E-state index is 10.7. The molecule has 0 radical (unpaired) electrons. The van der Waals surface area contributed by atoms with Gasteiger partial charge in [0.25, 0.3) is 0 Å². The zero-order valence-corrected chi connectivity index (χ0v) is 10.9. The molecule has 0 heterocycles. The fourth-order valence-electron chi connectivity index (χ4n) is 1.78. The van der Waals surface area contributed by atoms with E-state index in [1.807, 2.05) is 32.6 Å². The lowest BCUT2D eigenvalue weighted by molar-refractivity contribution is -0.139. The Bertz CT molecular complexity index is 212. The van der Waals surface area contributed by atoms with Crippen molar-refractivity contribution in [2.75, 3.05) is 19.6 Å². The Morgan fingerprint density at radius 3 is 2.12 bits per heavy atom. The van der Waals surface area contributed by atoms with Crippen LogP contribution in [0.15, 0.2) is 0 Å². The number of carboxylic acid groups (broad SMARTS) is 1. The van der Waals surface area contributed by atoms with Crippen LogP contribution >= 0.6 is 0 Å². The van der Waals surface area contributed by atoms with Crippen LogP contribution in [-0.4, -0.2) is 46.3 Å². The molecule has 16 heavy (non-hydrogen) atoms. The van der Waals surface area contributed by atoms with Crippen LogP contribution in [0.2, 0.25) is 0 Å². The molecule has 0 rings (SSSR count). The van der Waals surface area contributed by atoms with Gasteiger partial charge in [-0.1, -0.05) is 27.7 Å². The summed E-state index contributed by atoms with van der Waals surface area (Å²) in [5.41, 5.74) is -0.760.